The maximum Gasteiger partial charge on any atom is 0.196 e. The van der Waals surface area contributed by atoms with Crippen LogP contribution in [0.2, 0.25) is 0 Å². The first-order chi connectivity index (χ1) is 10.2. The molecule has 0 amide bonds. The lowest BCUT2D eigenvalue weighted by atomic mass is 9.99. The Labute approximate surface area is 131 Å². The third kappa shape index (κ3) is 2.20. The second-order valence-corrected chi connectivity index (χ2v) is 6.70. The maximum absolute atomic E-state index is 6.03. The summed E-state index contributed by atoms with van der Waals surface area (Å²) in [5, 5.41) is 1.04. The van der Waals surface area contributed by atoms with Crippen molar-refractivity contribution in [1.82, 2.24) is 9.97 Å². The van der Waals surface area contributed by atoms with E-state index >= 15 is 0 Å². The average molecular weight is 346 g/mol. The fraction of sp³-hybridized carbons (Fsp3) is 0.375. The van der Waals surface area contributed by atoms with Crippen LogP contribution in [0.5, 0.6) is 0 Å². The van der Waals surface area contributed by atoms with E-state index in [0.717, 1.165) is 51.4 Å². The van der Waals surface area contributed by atoms with Gasteiger partial charge in [-0.05, 0) is 37.0 Å². The molecule has 4 nitrogen and oxygen atoms in total. The molecule has 0 N–H and O–H groups in total. The Morgan fingerprint density at radius 2 is 2.05 bits per heavy atom. The summed E-state index contributed by atoms with van der Waals surface area (Å²) in [6, 6.07) is 6.01. The number of fused-ring (bicyclic) bond motifs is 3. The molecule has 1 aliphatic heterocycles. The number of piperidine rings is 1. The predicted molar refractivity (Wildman–Crippen MR) is 87.6 cm³/mol. The molecule has 1 aromatic carbocycles. The van der Waals surface area contributed by atoms with Crippen LogP contribution in [-0.2, 0) is 0 Å². The van der Waals surface area contributed by atoms with Crippen molar-refractivity contribution in [3.63, 3.8) is 0 Å². The topological polar surface area (TPSA) is 42.2 Å². The van der Waals surface area contributed by atoms with Crippen LogP contribution in [0.1, 0.15) is 19.8 Å². The van der Waals surface area contributed by atoms with E-state index in [1.165, 1.54) is 12.8 Å². The van der Waals surface area contributed by atoms with Crippen molar-refractivity contribution < 1.29 is 4.42 Å². The highest BCUT2D eigenvalue weighted by atomic mass is 79.9. The van der Waals surface area contributed by atoms with Crippen LogP contribution in [-0.4, -0.2) is 23.1 Å². The van der Waals surface area contributed by atoms with Gasteiger partial charge < -0.3 is 9.32 Å². The zero-order chi connectivity index (χ0) is 14.4. The van der Waals surface area contributed by atoms with E-state index in [0.29, 0.717) is 0 Å². The highest BCUT2D eigenvalue weighted by Crippen LogP contribution is 2.34. The Bertz CT molecular complexity index is 806. The number of furan rings is 1. The molecule has 2 aromatic heterocycles. The molecule has 1 saturated heterocycles. The second-order valence-electron chi connectivity index (χ2n) is 5.79. The van der Waals surface area contributed by atoms with Crippen molar-refractivity contribution in [2.45, 2.75) is 19.8 Å². The van der Waals surface area contributed by atoms with E-state index in [1.54, 1.807) is 6.33 Å². The normalized spacial score (nSPS) is 17.0. The van der Waals surface area contributed by atoms with Crippen LogP contribution in [0.15, 0.2) is 33.4 Å². The monoisotopic (exact) mass is 345 g/mol. The zero-order valence-corrected chi connectivity index (χ0v) is 13.4. The molecule has 4 rings (SSSR count). The van der Waals surface area contributed by atoms with Gasteiger partial charge in [0.05, 0.1) is 0 Å². The van der Waals surface area contributed by atoms with Gasteiger partial charge in [0.15, 0.2) is 11.4 Å². The highest BCUT2D eigenvalue weighted by Gasteiger charge is 2.22. The summed E-state index contributed by atoms with van der Waals surface area (Å²) < 4.78 is 7.06. The van der Waals surface area contributed by atoms with Crippen molar-refractivity contribution >= 4 is 43.8 Å². The molecule has 0 unspecified atom stereocenters. The first kappa shape index (κ1) is 13.1. The Morgan fingerprint density at radius 3 is 2.86 bits per heavy atom. The van der Waals surface area contributed by atoms with Gasteiger partial charge >= 0.3 is 0 Å². The van der Waals surface area contributed by atoms with Gasteiger partial charge in [-0.25, -0.2) is 9.97 Å². The summed E-state index contributed by atoms with van der Waals surface area (Å²) in [6.07, 6.45) is 4.06. The van der Waals surface area contributed by atoms with Crippen LogP contribution in [0.4, 0.5) is 5.82 Å². The average Bonchev–Trinajstić information content (AvgIpc) is 2.86. The summed E-state index contributed by atoms with van der Waals surface area (Å²) in [5.41, 5.74) is 2.57. The van der Waals surface area contributed by atoms with Gasteiger partial charge in [-0.15, -0.1) is 0 Å². The molecule has 0 bridgehead atoms. The molecule has 21 heavy (non-hydrogen) atoms. The number of nitrogens with zero attached hydrogens (tertiary/aromatic N) is 3. The molecule has 3 aromatic rings. The van der Waals surface area contributed by atoms with Gasteiger partial charge in [-0.3, -0.25) is 0 Å². The molecule has 108 valence electrons. The first-order valence-electron chi connectivity index (χ1n) is 7.30. The molecule has 0 radical (unpaired) electrons. The van der Waals surface area contributed by atoms with Gasteiger partial charge in [0.2, 0.25) is 0 Å². The fourth-order valence-corrected chi connectivity index (χ4v) is 3.34. The number of benzene rings is 1. The smallest absolute Gasteiger partial charge is 0.196 e. The van der Waals surface area contributed by atoms with Crippen molar-refractivity contribution in [3.8, 4) is 0 Å². The highest BCUT2D eigenvalue weighted by molar-refractivity contribution is 9.10. The second kappa shape index (κ2) is 4.98. The van der Waals surface area contributed by atoms with Crippen molar-refractivity contribution in [3.05, 3.63) is 29.0 Å². The predicted octanol–water partition coefficient (Wildman–Crippen LogP) is 4.37. The van der Waals surface area contributed by atoms with E-state index in [2.05, 4.69) is 43.8 Å². The van der Waals surface area contributed by atoms with E-state index in [4.69, 9.17) is 4.42 Å². The Kier molecular flexibility index (Phi) is 3.10. The van der Waals surface area contributed by atoms with Gasteiger partial charge in [-0.1, -0.05) is 22.9 Å². The molecular weight excluding hydrogens is 330 g/mol. The lowest BCUT2D eigenvalue weighted by molar-refractivity contribution is 0.436. The fourth-order valence-electron chi connectivity index (χ4n) is 2.98. The van der Waals surface area contributed by atoms with Gasteiger partial charge in [0.25, 0.3) is 0 Å². The van der Waals surface area contributed by atoms with Crippen LogP contribution in [0.25, 0.3) is 22.1 Å². The molecule has 3 heterocycles. The standard InChI is InChI=1S/C16H16BrN3O/c1-10-4-6-20(7-5-10)16-15-14(18-9-19-16)12-8-11(17)2-3-13(12)21-15/h2-3,8-10H,4-7H2,1H3. The summed E-state index contributed by atoms with van der Waals surface area (Å²) >= 11 is 3.51. The number of aromatic nitrogens is 2. The molecule has 5 heteroatoms. The lowest BCUT2D eigenvalue weighted by Crippen LogP contribution is -2.33. The van der Waals surface area contributed by atoms with Gasteiger partial charge in [-0.2, -0.15) is 0 Å². The van der Waals surface area contributed by atoms with Crippen molar-refractivity contribution in [2.75, 3.05) is 18.0 Å². The molecule has 0 saturated carbocycles. The maximum atomic E-state index is 6.03. The Balaban J connectivity index is 1.88. The largest absolute Gasteiger partial charge is 0.450 e. The van der Waals surface area contributed by atoms with Crippen molar-refractivity contribution in [2.24, 2.45) is 5.92 Å². The summed E-state index contributed by atoms with van der Waals surface area (Å²) in [5.74, 6) is 1.73. The van der Waals surface area contributed by atoms with Gasteiger partial charge in [0.1, 0.15) is 17.4 Å². The van der Waals surface area contributed by atoms with Crippen molar-refractivity contribution in [1.29, 1.82) is 0 Å². The quantitative estimate of drug-likeness (QED) is 0.656. The zero-order valence-electron chi connectivity index (χ0n) is 11.8. The number of hydrogen-bond donors (Lipinski definition) is 0. The molecule has 0 aliphatic carbocycles. The van der Waals surface area contributed by atoms with E-state index in [-0.39, 0.29) is 0 Å². The molecule has 0 atom stereocenters. The molecule has 1 aliphatic rings. The third-order valence-electron chi connectivity index (χ3n) is 4.28. The van der Waals surface area contributed by atoms with Crippen LogP contribution in [0, 0.1) is 5.92 Å². The lowest BCUT2D eigenvalue weighted by Gasteiger charge is -2.30. The van der Waals surface area contributed by atoms with E-state index in [9.17, 15) is 0 Å². The molecule has 1 fully saturated rings. The van der Waals surface area contributed by atoms with Gasteiger partial charge in [0, 0.05) is 22.9 Å². The number of rotatable bonds is 1. The Morgan fingerprint density at radius 1 is 1.24 bits per heavy atom. The van der Waals surface area contributed by atoms with Crippen LogP contribution >= 0.6 is 15.9 Å². The molecule has 0 spiro atoms. The third-order valence-corrected chi connectivity index (χ3v) is 4.77. The van der Waals surface area contributed by atoms with E-state index in [1.807, 2.05) is 12.1 Å². The number of halogens is 1. The first-order valence-corrected chi connectivity index (χ1v) is 8.09. The summed E-state index contributed by atoms with van der Waals surface area (Å²) in [4.78, 5) is 11.2. The SMILES string of the molecule is CC1CCN(c2ncnc3c2oc2ccc(Br)cc23)CC1. The van der Waals surface area contributed by atoms with Crippen LogP contribution in [0.3, 0.4) is 0 Å². The number of hydrogen-bond acceptors (Lipinski definition) is 4. The minimum absolute atomic E-state index is 0.796. The van der Waals surface area contributed by atoms with Crippen LogP contribution < -0.4 is 4.90 Å². The minimum atomic E-state index is 0.796. The minimum Gasteiger partial charge on any atom is -0.450 e. The summed E-state index contributed by atoms with van der Waals surface area (Å²) in [7, 11) is 0. The Hall–Kier alpha value is -1.62. The number of anilines is 1. The van der Waals surface area contributed by atoms with E-state index < -0.39 is 0 Å². The summed E-state index contributed by atoms with van der Waals surface area (Å²) in [6.45, 7) is 4.38. The molecular formula is C16H16BrN3O.